The molecule has 0 amide bonds. The normalized spacial score (nSPS) is 12.2. The van der Waals surface area contributed by atoms with E-state index in [2.05, 4.69) is 214 Å². The zero-order chi connectivity index (χ0) is 37.2. The van der Waals surface area contributed by atoms with Gasteiger partial charge in [0.25, 0.3) is 0 Å². The first kappa shape index (κ1) is 30.7. The van der Waals surface area contributed by atoms with Crippen LogP contribution in [-0.4, -0.2) is 13.5 Å². The molecule has 13 aromatic rings. The van der Waals surface area contributed by atoms with E-state index in [0.29, 0.717) is 0 Å². The van der Waals surface area contributed by atoms with E-state index in [9.17, 15) is 0 Å². The molecule has 264 valence electrons. The Kier molecular flexibility index (Phi) is 6.16. The number of hydrogen-bond donors (Lipinski definition) is 0. The minimum absolute atomic E-state index is 1.16. The van der Waals surface area contributed by atoms with Crippen LogP contribution in [0.2, 0.25) is 0 Å². The number of aromatic nitrogens is 3. The lowest BCUT2D eigenvalue weighted by molar-refractivity contribution is 1.18. The standard InChI is InChI=1S/C54H33N3/c1-3-12-38(13-4-1)55-48-20-9-8-17-41(48)44-30-34(22-26-50(44)55)36-23-27-51-46(32-36)47-33-37(24-28-52(47)56(51)39-14-5-2-6-15-39)35-25-29-53-45(31-35)43-19-11-18-42-40-16-7-10-21-49(40)57(53)54(42)43/h1-33H. The summed E-state index contributed by atoms with van der Waals surface area (Å²) in [6.45, 7) is 0. The Labute approximate surface area is 327 Å². The molecule has 0 atom stereocenters. The van der Waals surface area contributed by atoms with Crippen LogP contribution in [0.25, 0.3) is 115 Å². The van der Waals surface area contributed by atoms with E-state index in [1.54, 1.807) is 0 Å². The van der Waals surface area contributed by atoms with Crippen molar-refractivity contribution in [3.8, 4) is 33.6 Å². The van der Waals surface area contributed by atoms with Gasteiger partial charge in [-0.05, 0) is 107 Å². The molecule has 0 unspecified atom stereocenters. The molecule has 3 nitrogen and oxygen atoms in total. The van der Waals surface area contributed by atoms with Crippen LogP contribution < -0.4 is 0 Å². The summed E-state index contributed by atoms with van der Waals surface area (Å²) >= 11 is 0. The van der Waals surface area contributed by atoms with Crippen molar-refractivity contribution in [2.75, 3.05) is 0 Å². The Morgan fingerprint density at radius 1 is 0.228 bits per heavy atom. The van der Waals surface area contributed by atoms with Crippen molar-refractivity contribution in [1.29, 1.82) is 0 Å². The first-order valence-corrected chi connectivity index (χ1v) is 19.7. The van der Waals surface area contributed by atoms with Crippen molar-refractivity contribution in [2.24, 2.45) is 0 Å². The van der Waals surface area contributed by atoms with Gasteiger partial charge in [0.05, 0.1) is 38.6 Å². The maximum Gasteiger partial charge on any atom is 0.0620 e. The van der Waals surface area contributed by atoms with Crippen LogP contribution in [0.15, 0.2) is 200 Å². The molecule has 4 aromatic heterocycles. The maximum atomic E-state index is 2.45. The predicted molar refractivity (Wildman–Crippen MR) is 241 cm³/mol. The van der Waals surface area contributed by atoms with Gasteiger partial charge in [0.1, 0.15) is 0 Å². The molecule has 3 heteroatoms. The molecule has 13 rings (SSSR count). The Hall–Kier alpha value is -7.62. The predicted octanol–water partition coefficient (Wildman–Crippen LogP) is 14.4. The van der Waals surface area contributed by atoms with Gasteiger partial charge >= 0.3 is 0 Å². The third-order valence-corrected chi connectivity index (χ3v) is 12.4. The molecule has 0 fully saturated rings. The van der Waals surface area contributed by atoms with Crippen LogP contribution in [0.1, 0.15) is 0 Å². The second-order valence-electron chi connectivity index (χ2n) is 15.3. The average molecular weight is 724 g/mol. The molecule has 0 bridgehead atoms. The summed E-state index contributed by atoms with van der Waals surface area (Å²) in [4.78, 5) is 0. The Morgan fingerprint density at radius 2 is 0.561 bits per heavy atom. The Morgan fingerprint density at radius 3 is 1.09 bits per heavy atom. The highest BCUT2D eigenvalue weighted by atomic mass is 15.0. The van der Waals surface area contributed by atoms with E-state index >= 15 is 0 Å². The fourth-order valence-corrected chi connectivity index (χ4v) is 9.86. The summed E-state index contributed by atoms with van der Waals surface area (Å²) in [6, 6.07) is 73.7. The molecule has 0 saturated carbocycles. The van der Waals surface area contributed by atoms with E-state index in [4.69, 9.17) is 0 Å². The number of benzene rings is 9. The molecule has 4 heterocycles. The monoisotopic (exact) mass is 723 g/mol. The Bertz CT molecular complexity index is 3730. The van der Waals surface area contributed by atoms with Crippen molar-refractivity contribution in [3.05, 3.63) is 200 Å². The quantitative estimate of drug-likeness (QED) is 0.172. The lowest BCUT2D eigenvalue weighted by atomic mass is 9.98. The van der Waals surface area contributed by atoms with Crippen molar-refractivity contribution < 1.29 is 0 Å². The molecule has 9 aromatic carbocycles. The van der Waals surface area contributed by atoms with Gasteiger partial charge in [0, 0.05) is 54.5 Å². The summed E-state index contributed by atoms with van der Waals surface area (Å²) in [7, 11) is 0. The molecule has 0 saturated heterocycles. The van der Waals surface area contributed by atoms with Gasteiger partial charge in [-0.3, -0.25) is 0 Å². The smallest absolute Gasteiger partial charge is 0.0620 e. The molecule has 0 N–H and O–H groups in total. The van der Waals surface area contributed by atoms with Crippen molar-refractivity contribution >= 4 is 81.7 Å². The van der Waals surface area contributed by atoms with E-state index in [1.807, 2.05) is 0 Å². The molecule has 0 radical (unpaired) electrons. The molecule has 57 heavy (non-hydrogen) atoms. The second-order valence-corrected chi connectivity index (χ2v) is 15.3. The minimum atomic E-state index is 1.16. The van der Waals surface area contributed by atoms with Crippen LogP contribution in [0, 0.1) is 0 Å². The van der Waals surface area contributed by atoms with Gasteiger partial charge in [-0.1, -0.05) is 115 Å². The molecule has 0 aliphatic rings. The average Bonchev–Trinajstić information content (AvgIpc) is 4.00. The number of rotatable bonds is 4. The van der Waals surface area contributed by atoms with E-state index in [-0.39, 0.29) is 0 Å². The highest BCUT2D eigenvalue weighted by Crippen LogP contribution is 2.42. The van der Waals surface area contributed by atoms with Gasteiger partial charge in [-0.25, -0.2) is 0 Å². The van der Waals surface area contributed by atoms with Gasteiger partial charge in [0.15, 0.2) is 0 Å². The van der Waals surface area contributed by atoms with Crippen LogP contribution in [0.5, 0.6) is 0 Å². The summed E-state index contributed by atoms with van der Waals surface area (Å²) < 4.78 is 7.25. The van der Waals surface area contributed by atoms with Crippen LogP contribution >= 0.6 is 0 Å². The van der Waals surface area contributed by atoms with Crippen LogP contribution in [0.4, 0.5) is 0 Å². The Balaban J connectivity index is 1.01. The summed E-state index contributed by atoms with van der Waals surface area (Å²) in [6.07, 6.45) is 0. The lowest BCUT2D eigenvalue weighted by Gasteiger charge is -2.09. The van der Waals surface area contributed by atoms with E-state index < -0.39 is 0 Å². The van der Waals surface area contributed by atoms with Gasteiger partial charge in [-0.15, -0.1) is 0 Å². The number of para-hydroxylation sites is 5. The van der Waals surface area contributed by atoms with E-state index in [1.165, 1.54) is 110 Å². The number of nitrogens with zero attached hydrogens (tertiary/aromatic N) is 3. The molecule has 0 aliphatic heterocycles. The fourth-order valence-electron chi connectivity index (χ4n) is 9.86. The first-order chi connectivity index (χ1) is 28.3. The third kappa shape index (κ3) is 4.26. The van der Waals surface area contributed by atoms with Gasteiger partial charge < -0.3 is 13.5 Å². The summed E-state index contributed by atoms with van der Waals surface area (Å²) in [5, 5.41) is 10.2. The van der Waals surface area contributed by atoms with Gasteiger partial charge in [0.2, 0.25) is 0 Å². The zero-order valence-corrected chi connectivity index (χ0v) is 30.9. The van der Waals surface area contributed by atoms with Crippen molar-refractivity contribution in [1.82, 2.24) is 13.5 Å². The largest absolute Gasteiger partial charge is 0.309 e. The highest BCUT2D eigenvalue weighted by molar-refractivity contribution is 6.23. The molecule has 0 aliphatic carbocycles. The molecular weight excluding hydrogens is 691 g/mol. The number of fused-ring (bicyclic) bond motifs is 12. The maximum absolute atomic E-state index is 2.45. The van der Waals surface area contributed by atoms with Gasteiger partial charge in [-0.2, -0.15) is 0 Å². The highest BCUT2D eigenvalue weighted by Gasteiger charge is 2.19. The topological polar surface area (TPSA) is 14.3 Å². The zero-order valence-electron chi connectivity index (χ0n) is 30.9. The van der Waals surface area contributed by atoms with Crippen molar-refractivity contribution in [2.45, 2.75) is 0 Å². The number of hydrogen-bond acceptors (Lipinski definition) is 0. The molecular formula is C54H33N3. The summed E-state index contributed by atoms with van der Waals surface area (Å²) in [5.41, 5.74) is 15.8. The lowest BCUT2D eigenvalue weighted by Crippen LogP contribution is -1.93. The fraction of sp³-hybridized carbons (Fsp3) is 0. The summed E-state index contributed by atoms with van der Waals surface area (Å²) in [5.74, 6) is 0. The van der Waals surface area contributed by atoms with Crippen molar-refractivity contribution in [3.63, 3.8) is 0 Å². The van der Waals surface area contributed by atoms with Crippen LogP contribution in [-0.2, 0) is 0 Å². The minimum Gasteiger partial charge on any atom is -0.309 e. The molecule has 0 spiro atoms. The third-order valence-electron chi connectivity index (χ3n) is 12.4. The first-order valence-electron chi connectivity index (χ1n) is 19.7. The van der Waals surface area contributed by atoms with E-state index in [0.717, 1.165) is 5.69 Å². The SMILES string of the molecule is c1ccc(-n2c3ccccc3c3cc(-c4ccc5c(c4)c4cc(-c6ccc7c(c6)c6cccc8c9ccccc9n7c86)ccc4n5-c4ccccc4)ccc32)cc1. The van der Waals surface area contributed by atoms with Crippen LogP contribution in [0.3, 0.4) is 0 Å². The second kappa shape index (κ2) is 11.5.